The van der Waals surface area contributed by atoms with Crippen LogP contribution in [0.25, 0.3) is 5.69 Å². The van der Waals surface area contributed by atoms with Crippen molar-refractivity contribution in [2.24, 2.45) is 0 Å². The highest BCUT2D eigenvalue weighted by molar-refractivity contribution is 9.10. The Balaban J connectivity index is 1.98. The van der Waals surface area contributed by atoms with Gasteiger partial charge < -0.3 is 5.32 Å². The van der Waals surface area contributed by atoms with Crippen molar-refractivity contribution in [3.63, 3.8) is 0 Å². The highest BCUT2D eigenvalue weighted by Gasteiger charge is 2.17. The molecule has 0 atom stereocenters. The van der Waals surface area contributed by atoms with Crippen molar-refractivity contribution < 1.29 is 13.6 Å². The minimum absolute atomic E-state index is 0.364. The maximum atomic E-state index is 13.7. The van der Waals surface area contributed by atoms with Gasteiger partial charge in [-0.05, 0) is 36.4 Å². The lowest BCUT2D eigenvalue weighted by Gasteiger charge is -2.12. The highest BCUT2D eigenvalue weighted by atomic mass is 79.9. The molecule has 7 heteroatoms. The summed E-state index contributed by atoms with van der Waals surface area (Å²) < 4.78 is 29.3. The highest BCUT2D eigenvalue weighted by Crippen LogP contribution is 2.25. The first-order valence-electron chi connectivity index (χ1n) is 6.61. The fourth-order valence-corrected chi connectivity index (χ4v) is 2.45. The van der Waals surface area contributed by atoms with Gasteiger partial charge in [-0.25, -0.2) is 13.5 Å². The molecule has 0 saturated carbocycles. The van der Waals surface area contributed by atoms with Crippen LogP contribution in [0.1, 0.15) is 10.4 Å². The van der Waals surface area contributed by atoms with Crippen LogP contribution in [0.5, 0.6) is 0 Å². The van der Waals surface area contributed by atoms with Gasteiger partial charge in [-0.1, -0.05) is 22.0 Å². The lowest BCUT2D eigenvalue weighted by molar-refractivity contribution is 0.102. The molecule has 1 aromatic heterocycles. The maximum absolute atomic E-state index is 13.7. The lowest BCUT2D eigenvalue weighted by atomic mass is 10.1. The van der Waals surface area contributed by atoms with Crippen LogP contribution in [-0.4, -0.2) is 15.7 Å². The van der Waals surface area contributed by atoms with Crippen LogP contribution >= 0.6 is 15.9 Å². The topological polar surface area (TPSA) is 46.9 Å². The van der Waals surface area contributed by atoms with Crippen molar-refractivity contribution in [3.05, 3.63) is 76.5 Å². The number of halogens is 3. The molecule has 0 aliphatic carbocycles. The second-order valence-corrected chi connectivity index (χ2v) is 5.58. The van der Waals surface area contributed by atoms with E-state index in [2.05, 4.69) is 26.3 Å². The van der Waals surface area contributed by atoms with Gasteiger partial charge >= 0.3 is 0 Å². The predicted molar refractivity (Wildman–Crippen MR) is 85.6 cm³/mol. The van der Waals surface area contributed by atoms with E-state index in [1.807, 2.05) is 0 Å². The van der Waals surface area contributed by atoms with Gasteiger partial charge in [0, 0.05) is 16.9 Å². The van der Waals surface area contributed by atoms with E-state index < -0.39 is 17.5 Å². The summed E-state index contributed by atoms with van der Waals surface area (Å²) >= 11 is 3.32. The zero-order valence-electron chi connectivity index (χ0n) is 11.6. The number of aromatic nitrogens is 2. The molecular formula is C16H10BrF2N3O. The summed E-state index contributed by atoms with van der Waals surface area (Å²) in [5.41, 5.74) is 0.650. The fraction of sp³-hybridized carbons (Fsp3) is 0. The zero-order valence-corrected chi connectivity index (χ0v) is 13.2. The molecule has 116 valence electrons. The largest absolute Gasteiger partial charge is 0.320 e. The Hall–Kier alpha value is -2.54. The Bertz CT molecular complexity index is 866. The molecule has 3 aromatic rings. The third kappa shape index (κ3) is 3.14. The normalized spacial score (nSPS) is 10.6. The number of amides is 1. The van der Waals surface area contributed by atoms with Crippen molar-refractivity contribution in [3.8, 4) is 5.69 Å². The molecule has 0 unspecified atom stereocenters. The molecule has 4 nitrogen and oxygen atoms in total. The van der Waals surface area contributed by atoms with Gasteiger partial charge in [0.05, 0.1) is 16.9 Å². The van der Waals surface area contributed by atoms with Crippen LogP contribution < -0.4 is 5.32 Å². The van der Waals surface area contributed by atoms with Crippen LogP contribution in [0, 0.1) is 11.6 Å². The number of carbonyl (C=O) groups excluding carboxylic acids is 1. The lowest BCUT2D eigenvalue weighted by Crippen LogP contribution is -2.16. The zero-order chi connectivity index (χ0) is 16.4. The predicted octanol–water partition coefficient (Wildman–Crippen LogP) is 4.17. The van der Waals surface area contributed by atoms with Gasteiger partial charge in [0.25, 0.3) is 5.91 Å². The first-order valence-corrected chi connectivity index (χ1v) is 7.40. The Morgan fingerprint density at radius 2 is 2.00 bits per heavy atom. The minimum Gasteiger partial charge on any atom is -0.320 e. The molecule has 23 heavy (non-hydrogen) atoms. The summed E-state index contributed by atoms with van der Waals surface area (Å²) in [5, 5.41) is 6.69. The van der Waals surface area contributed by atoms with E-state index in [0.717, 1.165) is 10.5 Å². The maximum Gasteiger partial charge on any atom is 0.258 e. The Labute approximate surface area is 138 Å². The van der Waals surface area contributed by atoms with Crippen LogP contribution in [0.4, 0.5) is 14.5 Å². The van der Waals surface area contributed by atoms with Crippen molar-refractivity contribution in [1.29, 1.82) is 0 Å². The van der Waals surface area contributed by atoms with Crippen molar-refractivity contribution in [1.82, 2.24) is 9.78 Å². The monoisotopic (exact) mass is 377 g/mol. The summed E-state index contributed by atoms with van der Waals surface area (Å²) in [6.07, 6.45) is 3.31. The van der Waals surface area contributed by atoms with E-state index in [1.165, 1.54) is 12.1 Å². The number of carbonyl (C=O) groups is 1. The summed E-state index contributed by atoms with van der Waals surface area (Å²) in [6, 6.07) is 10.4. The molecule has 1 N–H and O–H groups in total. The molecular weight excluding hydrogens is 368 g/mol. The van der Waals surface area contributed by atoms with E-state index >= 15 is 0 Å². The van der Waals surface area contributed by atoms with Gasteiger partial charge in [-0.3, -0.25) is 4.79 Å². The molecule has 0 saturated heterocycles. The van der Waals surface area contributed by atoms with Crippen LogP contribution in [0.15, 0.2) is 59.3 Å². The number of anilines is 1. The third-order valence-corrected chi connectivity index (χ3v) is 3.65. The summed E-state index contributed by atoms with van der Waals surface area (Å²) in [6.45, 7) is 0. The minimum atomic E-state index is -1.18. The first kappa shape index (κ1) is 15.4. The SMILES string of the molecule is O=C(Nc1cc(Br)ccc1-n1cccn1)c1cccc(F)c1F. The van der Waals surface area contributed by atoms with E-state index in [9.17, 15) is 13.6 Å². The number of hydrogen-bond donors (Lipinski definition) is 1. The Morgan fingerprint density at radius 3 is 2.74 bits per heavy atom. The average molecular weight is 378 g/mol. The Morgan fingerprint density at radius 1 is 1.17 bits per heavy atom. The number of benzene rings is 2. The second kappa shape index (κ2) is 6.29. The molecule has 0 bridgehead atoms. The summed E-state index contributed by atoms with van der Waals surface area (Å²) in [5.74, 6) is -2.99. The van der Waals surface area contributed by atoms with Gasteiger partial charge in [-0.15, -0.1) is 0 Å². The second-order valence-electron chi connectivity index (χ2n) is 4.67. The fourth-order valence-electron chi connectivity index (χ4n) is 2.09. The quantitative estimate of drug-likeness (QED) is 0.744. The molecule has 0 aliphatic rings. The molecule has 0 aliphatic heterocycles. The van der Waals surface area contributed by atoms with Gasteiger partial charge in [-0.2, -0.15) is 5.10 Å². The molecule has 3 rings (SSSR count). The van der Waals surface area contributed by atoms with Crippen molar-refractivity contribution in [2.45, 2.75) is 0 Å². The van der Waals surface area contributed by atoms with E-state index in [-0.39, 0.29) is 5.56 Å². The van der Waals surface area contributed by atoms with E-state index in [4.69, 9.17) is 0 Å². The first-order chi connectivity index (χ1) is 11.1. The summed E-state index contributed by atoms with van der Waals surface area (Å²) in [4.78, 5) is 12.3. The van der Waals surface area contributed by atoms with E-state index in [0.29, 0.717) is 11.4 Å². The molecule has 0 fully saturated rings. The van der Waals surface area contributed by atoms with E-state index in [1.54, 1.807) is 41.3 Å². The molecule has 0 spiro atoms. The number of hydrogen-bond acceptors (Lipinski definition) is 2. The van der Waals surface area contributed by atoms with Gasteiger partial charge in [0.1, 0.15) is 0 Å². The Kier molecular flexibility index (Phi) is 4.20. The molecule has 1 heterocycles. The van der Waals surface area contributed by atoms with Crippen LogP contribution in [-0.2, 0) is 0 Å². The number of nitrogens with one attached hydrogen (secondary N) is 1. The van der Waals surface area contributed by atoms with Crippen molar-refractivity contribution in [2.75, 3.05) is 5.32 Å². The smallest absolute Gasteiger partial charge is 0.258 e. The van der Waals surface area contributed by atoms with Crippen LogP contribution in [0.2, 0.25) is 0 Å². The molecule has 0 radical (unpaired) electrons. The number of nitrogens with zero attached hydrogens (tertiary/aromatic N) is 2. The molecule has 1 amide bonds. The number of rotatable bonds is 3. The summed E-state index contributed by atoms with van der Waals surface area (Å²) in [7, 11) is 0. The third-order valence-electron chi connectivity index (χ3n) is 3.15. The van der Waals surface area contributed by atoms with Crippen LogP contribution in [0.3, 0.4) is 0 Å². The average Bonchev–Trinajstić information content (AvgIpc) is 3.04. The van der Waals surface area contributed by atoms with Gasteiger partial charge in [0.2, 0.25) is 0 Å². The van der Waals surface area contributed by atoms with Gasteiger partial charge in [0.15, 0.2) is 11.6 Å². The standard InChI is InChI=1S/C16H10BrF2N3O/c17-10-5-6-14(22-8-2-7-20-22)13(9-10)21-16(23)11-3-1-4-12(18)15(11)19/h1-9H,(H,21,23). The molecule has 2 aromatic carbocycles. The van der Waals surface area contributed by atoms with Crippen molar-refractivity contribution >= 4 is 27.5 Å².